The lowest BCUT2D eigenvalue weighted by Gasteiger charge is -2.49. The average molecular weight is 611 g/mol. The minimum atomic E-state index is -1.31. The molecule has 0 radical (unpaired) electrons. The molecule has 9 N–H and O–H groups in total. The number of β-lactam (4-membered cyclic amide) rings is 1. The van der Waals surface area contributed by atoms with Crippen molar-refractivity contribution in [3.05, 3.63) is 28.4 Å². The number of nitrogens with one attached hydrogen (secondary N) is 1. The first-order valence-electron chi connectivity index (χ1n) is 11.4. The van der Waals surface area contributed by atoms with Gasteiger partial charge in [-0.25, -0.2) is 19.1 Å². The van der Waals surface area contributed by atoms with E-state index in [1.54, 1.807) is 10.6 Å². The van der Waals surface area contributed by atoms with Crippen molar-refractivity contribution in [1.82, 2.24) is 20.2 Å². The first-order chi connectivity index (χ1) is 19.0. The molecule has 0 saturated carbocycles. The van der Waals surface area contributed by atoms with E-state index in [2.05, 4.69) is 20.4 Å². The molecule has 16 nitrogen and oxygen atoms in total. The van der Waals surface area contributed by atoms with Crippen molar-refractivity contribution in [3.63, 3.8) is 0 Å². The van der Waals surface area contributed by atoms with Crippen molar-refractivity contribution in [1.29, 1.82) is 0 Å². The third-order valence-electron chi connectivity index (χ3n) is 5.65. The predicted molar refractivity (Wildman–Crippen MR) is 146 cm³/mol. The number of nitrogens with zero attached hydrogens (tertiary/aromatic N) is 5. The third-order valence-corrected chi connectivity index (χ3v) is 8.67. The summed E-state index contributed by atoms with van der Waals surface area (Å²) in [7, 11) is 0. The molecule has 40 heavy (non-hydrogen) atoms. The third kappa shape index (κ3) is 5.89. The van der Waals surface area contributed by atoms with Gasteiger partial charge in [0.1, 0.15) is 22.8 Å². The van der Waals surface area contributed by atoms with Gasteiger partial charge in [0, 0.05) is 23.0 Å². The molecule has 0 aromatic carbocycles. The number of anilines is 3. The molecule has 1 saturated heterocycles. The van der Waals surface area contributed by atoms with Crippen molar-refractivity contribution >= 4 is 81.2 Å². The Kier molecular flexibility index (Phi) is 8.64. The number of thioether (sulfide) groups is 2. The molecule has 2 aliphatic rings. The molecule has 4 rings (SSSR count). The summed E-state index contributed by atoms with van der Waals surface area (Å²) in [6.07, 6.45) is 0. The van der Waals surface area contributed by atoms with Crippen LogP contribution < -0.4 is 27.1 Å². The van der Waals surface area contributed by atoms with Crippen molar-refractivity contribution in [3.8, 4) is 0 Å². The fourth-order valence-electron chi connectivity index (χ4n) is 3.88. The van der Waals surface area contributed by atoms with Crippen LogP contribution in [0.1, 0.15) is 12.6 Å². The maximum absolute atomic E-state index is 13.1. The first kappa shape index (κ1) is 28.9. The number of carboxylic acids is 2. The van der Waals surface area contributed by atoms with Crippen molar-refractivity contribution < 1.29 is 38.8 Å². The fourth-order valence-corrected chi connectivity index (χ4v) is 6.82. The molecule has 4 heterocycles. The van der Waals surface area contributed by atoms with E-state index in [1.165, 1.54) is 28.9 Å². The van der Waals surface area contributed by atoms with Crippen LogP contribution in [0.25, 0.3) is 0 Å². The van der Waals surface area contributed by atoms with Crippen LogP contribution in [0.3, 0.4) is 0 Å². The molecule has 2 aromatic rings. The number of rotatable bonds is 11. The number of oxime groups is 1. The molecule has 0 spiro atoms. The number of carbonyl (C=O) groups excluding carboxylic acids is 2. The SMILES string of the molecule is CC[n+]1c(N)cc(SCC2=C(C(=O)O)N3C(=O)[C@@H](NC(=O)/C(=N\OCC(=O)O)c4csc(N)n4)[C@H]3SC2)nc1N. The highest BCUT2D eigenvalue weighted by Gasteiger charge is 2.54. The minimum absolute atomic E-state index is 0.0241. The zero-order valence-electron chi connectivity index (χ0n) is 20.8. The van der Waals surface area contributed by atoms with Gasteiger partial charge in [0.05, 0.1) is 6.54 Å². The second-order valence-corrected chi connectivity index (χ2v) is 11.2. The Labute approximate surface area is 238 Å². The number of hydrogen-bond donors (Lipinski definition) is 6. The Balaban J connectivity index is 1.49. The number of fused-ring (bicyclic) bond motifs is 1. The number of aliphatic carboxylic acids is 2. The van der Waals surface area contributed by atoms with E-state index in [0.717, 1.165) is 16.2 Å². The lowest BCUT2D eigenvalue weighted by Crippen LogP contribution is -2.71. The molecular weight excluding hydrogens is 586 g/mol. The normalized spacial score (nSPS) is 18.7. The zero-order valence-corrected chi connectivity index (χ0v) is 23.2. The van der Waals surface area contributed by atoms with Crippen LogP contribution in [-0.2, 0) is 30.6 Å². The van der Waals surface area contributed by atoms with Crippen LogP contribution in [0.15, 0.2) is 32.9 Å². The highest BCUT2D eigenvalue weighted by Crippen LogP contribution is 2.41. The van der Waals surface area contributed by atoms with Gasteiger partial charge in [0.15, 0.2) is 21.7 Å². The van der Waals surface area contributed by atoms with E-state index in [9.17, 15) is 24.3 Å². The number of aromatic nitrogens is 3. The number of carboxylic acid groups (broad SMARTS) is 2. The van der Waals surface area contributed by atoms with Crippen molar-refractivity contribution in [2.24, 2.45) is 5.16 Å². The van der Waals surface area contributed by atoms with Gasteiger partial charge in [-0.1, -0.05) is 16.9 Å². The highest BCUT2D eigenvalue weighted by molar-refractivity contribution is 8.01. The smallest absolute Gasteiger partial charge is 0.352 e. The Morgan fingerprint density at radius 2 is 2.05 bits per heavy atom. The predicted octanol–water partition coefficient (Wildman–Crippen LogP) is -1.07. The molecule has 0 aliphatic carbocycles. The van der Waals surface area contributed by atoms with Gasteiger partial charge in [-0.05, 0) is 12.5 Å². The fraction of sp³-hybridized carbons (Fsp3) is 0.333. The van der Waals surface area contributed by atoms with Crippen LogP contribution in [0.5, 0.6) is 0 Å². The van der Waals surface area contributed by atoms with E-state index in [-0.39, 0.29) is 39.7 Å². The summed E-state index contributed by atoms with van der Waals surface area (Å²) in [4.78, 5) is 63.1. The standard InChI is InChI=1S/C21H23N9O7S3/c1-2-29-10(22)3-11(26-20(29)23)38-5-8-6-39-18-14(17(34)30(18)15(8)19(35)36)27-16(33)13(28-37-4-12(31)32)9-7-40-21(24)25-9/h3,7,14,18H,2,4-6H2,1H3,(H8,22,23,24,25,26,27,31,32,33,35,36)/p+1/b28-13-/t14-,18-/m1/s1. The maximum Gasteiger partial charge on any atom is 0.352 e. The van der Waals surface area contributed by atoms with Crippen molar-refractivity contribution in [2.75, 3.05) is 35.3 Å². The van der Waals surface area contributed by atoms with E-state index in [0.29, 0.717) is 23.0 Å². The van der Waals surface area contributed by atoms with Gasteiger partial charge >= 0.3 is 17.9 Å². The lowest BCUT2D eigenvalue weighted by atomic mass is 10.0. The monoisotopic (exact) mass is 610 g/mol. The first-order valence-corrected chi connectivity index (χ1v) is 14.4. The quantitative estimate of drug-likeness (QED) is 0.0442. The Bertz CT molecular complexity index is 1420. The van der Waals surface area contributed by atoms with E-state index in [4.69, 9.17) is 27.1 Å². The Hall–Kier alpha value is -4.10. The topological polar surface area (TPSA) is 253 Å². The van der Waals surface area contributed by atoms with E-state index in [1.807, 2.05) is 6.92 Å². The molecule has 212 valence electrons. The van der Waals surface area contributed by atoms with Gasteiger partial charge in [-0.3, -0.25) is 14.5 Å². The van der Waals surface area contributed by atoms with E-state index >= 15 is 0 Å². The van der Waals surface area contributed by atoms with Gasteiger partial charge in [-0.15, -0.1) is 28.1 Å². The molecule has 2 aromatic heterocycles. The number of nitrogen functional groups attached to an aromatic ring is 3. The molecular formula is C21H24N9O7S3+. The van der Waals surface area contributed by atoms with Crippen LogP contribution in [-0.4, -0.2) is 84.1 Å². The number of thiazole rings is 1. The minimum Gasteiger partial charge on any atom is -0.479 e. The molecule has 2 amide bonds. The van der Waals surface area contributed by atoms with Gasteiger partial charge in [0.2, 0.25) is 6.61 Å². The molecule has 19 heteroatoms. The van der Waals surface area contributed by atoms with Crippen LogP contribution >= 0.6 is 34.9 Å². The summed E-state index contributed by atoms with van der Waals surface area (Å²) < 4.78 is 1.62. The number of carbonyl (C=O) groups is 4. The Morgan fingerprint density at radius 3 is 2.65 bits per heavy atom. The summed E-state index contributed by atoms with van der Waals surface area (Å²) in [6, 6.07) is 0.571. The van der Waals surface area contributed by atoms with Crippen molar-refractivity contribution in [2.45, 2.75) is 29.9 Å². The second kappa shape index (κ2) is 12.0. The number of amides is 2. The van der Waals surface area contributed by atoms with Crippen LogP contribution in [0.2, 0.25) is 0 Å². The number of hydrogen-bond acceptors (Lipinski definition) is 14. The highest BCUT2D eigenvalue weighted by atomic mass is 32.2. The molecule has 0 bridgehead atoms. The molecule has 0 unspecified atom stereocenters. The average Bonchev–Trinajstić information content (AvgIpc) is 3.32. The van der Waals surface area contributed by atoms with Gasteiger partial charge in [0.25, 0.3) is 11.8 Å². The van der Waals surface area contributed by atoms with E-state index < -0.39 is 41.8 Å². The van der Waals surface area contributed by atoms with Gasteiger partial charge < -0.3 is 37.6 Å². The molecule has 1 fully saturated rings. The maximum atomic E-state index is 13.1. The summed E-state index contributed by atoms with van der Waals surface area (Å²) in [5, 5.41) is 26.2. The van der Waals surface area contributed by atoms with Crippen LogP contribution in [0.4, 0.5) is 16.9 Å². The molecule has 2 atom stereocenters. The summed E-state index contributed by atoms with van der Waals surface area (Å²) in [6.45, 7) is 1.60. The Morgan fingerprint density at radius 1 is 1.30 bits per heavy atom. The van der Waals surface area contributed by atoms with Crippen LogP contribution in [0, 0.1) is 0 Å². The molecule has 2 aliphatic heterocycles. The number of nitrogens with two attached hydrogens (primary N) is 3. The second-order valence-electron chi connectivity index (χ2n) is 8.21. The zero-order chi connectivity index (χ0) is 29.1. The largest absolute Gasteiger partial charge is 0.479 e. The van der Waals surface area contributed by atoms with Gasteiger partial charge in [-0.2, -0.15) is 0 Å². The summed E-state index contributed by atoms with van der Waals surface area (Å²) >= 11 is 3.53. The summed E-state index contributed by atoms with van der Waals surface area (Å²) in [5.41, 5.74) is 17.6. The summed E-state index contributed by atoms with van der Waals surface area (Å²) in [5.74, 6) is -2.98. The lowest BCUT2D eigenvalue weighted by molar-refractivity contribution is -0.667.